The molecule has 9 heteroatoms. The molecule has 39 heavy (non-hydrogen) atoms. The van der Waals surface area contributed by atoms with Gasteiger partial charge in [0, 0.05) is 49.4 Å². The molecule has 1 aromatic carbocycles. The maximum absolute atomic E-state index is 13.8. The van der Waals surface area contributed by atoms with Crippen LogP contribution in [0.25, 0.3) is 11.0 Å². The SMILES string of the molecule is Cc1c(C#Cc2ccc(F)cc2)c(=O)n(C2CCCC2)c2nc(Nc3ccc(N4CCNCC4)cn3)ncc12. The highest BCUT2D eigenvalue weighted by Gasteiger charge is 2.24. The monoisotopic (exact) mass is 523 g/mol. The van der Waals surface area contributed by atoms with Crippen LogP contribution in [0, 0.1) is 24.6 Å². The topological polar surface area (TPSA) is 88.0 Å². The minimum atomic E-state index is -0.321. The third-order valence-electron chi connectivity index (χ3n) is 7.54. The Kier molecular flexibility index (Phi) is 6.95. The number of anilines is 3. The van der Waals surface area contributed by atoms with E-state index < -0.39 is 0 Å². The highest BCUT2D eigenvalue weighted by Crippen LogP contribution is 2.32. The molecule has 2 fully saturated rings. The van der Waals surface area contributed by atoms with Crippen LogP contribution < -0.4 is 21.1 Å². The first-order valence-corrected chi connectivity index (χ1v) is 13.4. The van der Waals surface area contributed by atoms with Crippen molar-refractivity contribution >= 4 is 28.5 Å². The second-order valence-electron chi connectivity index (χ2n) is 10.1. The van der Waals surface area contributed by atoms with E-state index in [1.807, 2.05) is 25.3 Å². The number of pyridine rings is 2. The van der Waals surface area contributed by atoms with Crippen molar-refractivity contribution in [3.05, 3.63) is 81.7 Å². The first-order chi connectivity index (χ1) is 19.1. The van der Waals surface area contributed by atoms with E-state index in [0.717, 1.165) is 68.5 Å². The molecule has 0 radical (unpaired) electrons. The number of hydrogen-bond donors (Lipinski definition) is 2. The molecule has 0 spiro atoms. The minimum absolute atomic E-state index is 0.0613. The van der Waals surface area contributed by atoms with Gasteiger partial charge in [-0.1, -0.05) is 24.7 Å². The first kappa shape index (κ1) is 25.0. The number of halogens is 1. The van der Waals surface area contributed by atoms with Crippen LogP contribution in [0.4, 0.5) is 21.8 Å². The molecule has 1 saturated carbocycles. The van der Waals surface area contributed by atoms with E-state index in [1.54, 1.807) is 22.9 Å². The minimum Gasteiger partial charge on any atom is -0.368 e. The molecule has 1 aliphatic heterocycles. The Morgan fingerprint density at radius 3 is 2.49 bits per heavy atom. The molecule has 0 amide bonds. The van der Waals surface area contributed by atoms with Gasteiger partial charge in [0.15, 0.2) is 0 Å². The summed E-state index contributed by atoms with van der Waals surface area (Å²) in [5.41, 5.74) is 3.35. The summed E-state index contributed by atoms with van der Waals surface area (Å²) in [6.07, 6.45) is 7.60. The third kappa shape index (κ3) is 5.20. The number of rotatable bonds is 4. The molecule has 0 atom stereocenters. The van der Waals surface area contributed by atoms with Gasteiger partial charge < -0.3 is 15.5 Å². The molecule has 4 aromatic rings. The predicted octanol–water partition coefficient (Wildman–Crippen LogP) is 4.30. The smallest absolute Gasteiger partial charge is 0.268 e. The fourth-order valence-corrected chi connectivity index (χ4v) is 5.39. The summed E-state index contributed by atoms with van der Waals surface area (Å²) in [5, 5.41) is 7.36. The van der Waals surface area contributed by atoms with Crippen LogP contribution in [0.2, 0.25) is 0 Å². The fraction of sp³-hybridized carbons (Fsp3) is 0.333. The van der Waals surface area contributed by atoms with E-state index in [9.17, 15) is 9.18 Å². The summed E-state index contributed by atoms with van der Waals surface area (Å²) in [4.78, 5) is 30.1. The van der Waals surface area contributed by atoms with E-state index in [-0.39, 0.29) is 17.4 Å². The average molecular weight is 524 g/mol. The van der Waals surface area contributed by atoms with Crippen molar-refractivity contribution in [1.29, 1.82) is 0 Å². The molecule has 2 aliphatic rings. The van der Waals surface area contributed by atoms with Crippen molar-refractivity contribution in [3.63, 3.8) is 0 Å². The van der Waals surface area contributed by atoms with E-state index in [1.165, 1.54) is 12.1 Å². The van der Waals surface area contributed by atoms with Gasteiger partial charge in [0.1, 0.15) is 17.3 Å². The van der Waals surface area contributed by atoms with Gasteiger partial charge in [0.05, 0.1) is 17.4 Å². The van der Waals surface area contributed by atoms with E-state index in [4.69, 9.17) is 4.98 Å². The molecule has 6 rings (SSSR count). The van der Waals surface area contributed by atoms with Crippen molar-refractivity contribution in [2.24, 2.45) is 0 Å². The maximum atomic E-state index is 13.8. The zero-order valence-electron chi connectivity index (χ0n) is 21.9. The Hall–Kier alpha value is -4.29. The Morgan fingerprint density at radius 1 is 1.00 bits per heavy atom. The molecule has 1 aliphatic carbocycles. The van der Waals surface area contributed by atoms with Crippen LogP contribution in [0.15, 0.2) is 53.6 Å². The van der Waals surface area contributed by atoms with Crippen LogP contribution in [0.3, 0.4) is 0 Å². The van der Waals surface area contributed by atoms with Crippen molar-refractivity contribution in [2.75, 3.05) is 36.4 Å². The molecule has 4 heterocycles. The number of nitrogens with zero attached hydrogens (tertiary/aromatic N) is 5. The highest BCUT2D eigenvalue weighted by atomic mass is 19.1. The molecule has 1 saturated heterocycles. The van der Waals surface area contributed by atoms with Crippen molar-refractivity contribution in [2.45, 2.75) is 38.6 Å². The number of benzene rings is 1. The Morgan fingerprint density at radius 2 is 1.77 bits per heavy atom. The molecule has 0 unspecified atom stereocenters. The molecule has 3 aromatic heterocycles. The second kappa shape index (κ2) is 10.8. The summed E-state index contributed by atoms with van der Waals surface area (Å²) in [7, 11) is 0. The van der Waals surface area contributed by atoms with Crippen LogP contribution in [-0.4, -0.2) is 45.7 Å². The quantitative estimate of drug-likeness (QED) is 0.386. The molecule has 0 bridgehead atoms. The van der Waals surface area contributed by atoms with Gasteiger partial charge in [-0.2, -0.15) is 4.98 Å². The van der Waals surface area contributed by atoms with Crippen LogP contribution in [0.1, 0.15) is 48.4 Å². The van der Waals surface area contributed by atoms with E-state index in [0.29, 0.717) is 28.5 Å². The van der Waals surface area contributed by atoms with Crippen LogP contribution >= 0.6 is 0 Å². The molecule has 8 nitrogen and oxygen atoms in total. The van der Waals surface area contributed by atoms with Gasteiger partial charge in [0.2, 0.25) is 5.95 Å². The molecule has 198 valence electrons. The first-order valence-electron chi connectivity index (χ1n) is 13.4. The number of nitrogens with one attached hydrogen (secondary N) is 2. The number of aryl methyl sites for hydroxylation is 1. The number of fused-ring (bicyclic) bond motifs is 1. The maximum Gasteiger partial charge on any atom is 0.268 e. The average Bonchev–Trinajstić information content (AvgIpc) is 3.49. The largest absolute Gasteiger partial charge is 0.368 e. The van der Waals surface area contributed by atoms with Crippen molar-refractivity contribution in [3.8, 4) is 11.8 Å². The van der Waals surface area contributed by atoms with Gasteiger partial charge in [-0.05, 0) is 61.7 Å². The van der Waals surface area contributed by atoms with E-state index >= 15 is 0 Å². The lowest BCUT2D eigenvalue weighted by Gasteiger charge is -2.29. The number of piperazine rings is 1. The van der Waals surface area contributed by atoms with E-state index in [2.05, 4.69) is 37.3 Å². The predicted molar refractivity (Wildman–Crippen MR) is 151 cm³/mol. The molecular formula is C30H30FN7O. The van der Waals surface area contributed by atoms with Crippen LogP contribution in [0.5, 0.6) is 0 Å². The lowest BCUT2D eigenvalue weighted by atomic mass is 10.1. The second-order valence-corrected chi connectivity index (χ2v) is 10.1. The van der Waals surface area contributed by atoms with Crippen LogP contribution in [-0.2, 0) is 0 Å². The Labute approximate surface area is 226 Å². The number of aromatic nitrogens is 4. The lowest BCUT2D eigenvalue weighted by molar-refractivity contribution is 0.515. The van der Waals surface area contributed by atoms with Gasteiger partial charge in [0.25, 0.3) is 5.56 Å². The summed E-state index contributed by atoms with van der Waals surface area (Å²) in [6.45, 7) is 5.72. The van der Waals surface area contributed by atoms with Crippen molar-refractivity contribution < 1.29 is 4.39 Å². The van der Waals surface area contributed by atoms with Crippen molar-refractivity contribution in [1.82, 2.24) is 24.8 Å². The number of hydrogen-bond acceptors (Lipinski definition) is 7. The Bertz CT molecular complexity index is 1610. The molecular weight excluding hydrogens is 493 g/mol. The summed E-state index contributed by atoms with van der Waals surface area (Å²) < 4.78 is 15.1. The van der Waals surface area contributed by atoms with Gasteiger partial charge in [-0.3, -0.25) is 9.36 Å². The van der Waals surface area contributed by atoms with Gasteiger partial charge in [-0.25, -0.2) is 14.4 Å². The molecule has 2 N–H and O–H groups in total. The summed E-state index contributed by atoms with van der Waals surface area (Å²) >= 11 is 0. The zero-order valence-corrected chi connectivity index (χ0v) is 21.9. The summed E-state index contributed by atoms with van der Waals surface area (Å²) in [5.74, 6) is 6.80. The van der Waals surface area contributed by atoms with Gasteiger partial charge >= 0.3 is 0 Å². The highest BCUT2D eigenvalue weighted by molar-refractivity contribution is 5.82. The normalized spacial score (nSPS) is 15.8. The zero-order chi connectivity index (χ0) is 26.8. The standard InChI is InChI=1S/C30H30FN7O/c1-20-25(12-8-21-6-9-22(31)10-7-21)29(39)38(23-4-2-3-5-23)28-26(20)19-34-30(36-28)35-27-13-11-24(18-33-27)37-16-14-32-15-17-37/h6-7,9-11,13,18-19,23,32H,2-5,14-17H2,1H3,(H,33,34,35,36). The fourth-order valence-electron chi connectivity index (χ4n) is 5.39. The summed E-state index contributed by atoms with van der Waals surface area (Å²) in [6, 6.07) is 9.99. The Balaban J connectivity index is 1.36. The van der Waals surface area contributed by atoms with Gasteiger partial charge in [-0.15, -0.1) is 0 Å². The lowest BCUT2D eigenvalue weighted by Crippen LogP contribution is -2.43. The third-order valence-corrected chi connectivity index (χ3v) is 7.54.